The van der Waals surface area contributed by atoms with E-state index in [9.17, 15) is 5.26 Å². The van der Waals surface area contributed by atoms with Crippen molar-refractivity contribution in [2.45, 2.75) is 6.04 Å². The normalized spacial score (nSPS) is 11.5. The summed E-state index contributed by atoms with van der Waals surface area (Å²) in [5, 5.41) is 14.3. The fourth-order valence-electron chi connectivity index (χ4n) is 1.54. The molecule has 4 heteroatoms. The van der Waals surface area contributed by atoms with Gasteiger partial charge in [-0.15, -0.1) is 11.3 Å². The Bertz CT molecular complexity index is 516. The van der Waals surface area contributed by atoms with Crippen LogP contribution < -0.4 is 10.1 Å². The predicted molar refractivity (Wildman–Crippen MR) is 69.3 cm³/mol. The quantitative estimate of drug-likeness (QED) is 0.896. The van der Waals surface area contributed by atoms with Crippen LogP contribution in [0.3, 0.4) is 0 Å². The Labute approximate surface area is 104 Å². The molecule has 0 bridgehead atoms. The maximum atomic E-state index is 9.18. The van der Waals surface area contributed by atoms with Crippen LogP contribution >= 0.6 is 11.3 Å². The first kappa shape index (κ1) is 11.5. The molecule has 2 rings (SSSR count). The lowest BCUT2D eigenvalue weighted by Gasteiger charge is -2.14. The molecule has 17 heavy (non-hydrogen) atoms. The molecular formula is C13H12N2OS. The fourth-order valence-corrected chi connectivity index (χ4v) is 2.26. The van der Waals surface area contributed by atoms with E-state index < -0.39 is 0 Å². The number of para-hydroxylation sites is 2. The van der Waals surface area contributed by atoms with Gasteiger partial charge in [0, 0.05) is 4.88 Å². The highest BCUT2D eigenvalue weighted by Crippen LogP contribution is 2.29. The lowest BCUT2D eigenvalue weighted by molar-refractivity contribution is 0.416. The maximum absolute atomic E-state index is 9.18. The van der Waals surface area contributed by atoms with Crippen LogP contribution in [0.1, 0.15) is 10.9 Å². The second-order valence-corrected chi connectivity index (χ2v) is 4.40. The first-order valence-electron chi connectivity index (χ1n) is 5.17. The number of rotatable bonds is 4. The average molecular weight is 244 g/mol. The van der Waals surface area contributed by atoms with Gasteiger partial charge in [-0.2, -0.15) is 5.26 Å². The molecule has 0 fully saturated rings. The summed E-state index contributed by atoms with van der Waals surface area (Å²) in [5.41, 5.74) is 0.829. The average Bonchev–Trinajstić information content (AvgIpc) is 2.90. The minimum absolute atomic E-state index is 0.341. The van der Waals surface area contributed by atoms with E-state index >= 15 is 0 Å². The van der Waals surface area contributed by atoms with Gasteiger partial charge >= 0.3 is 0 Å². The number of hydrogen-bond donors (Lipinski definition) is 1. The predicted octanol–water partition coefficient (Wildman–Crippen LogP) is 3.43. The van der Waals surface area contributed by atoms with E-state index in [4.69, 9.17) is 4.74 Å². The molecule has 1 aromatic heterocycles. The Morgan fingerprint density at radius 3 is 2.76 bits per heavy atom. The van der Waals surface area contributed by atoms with Crippen molar-refractivity contribution in [2.24, 2.45) is 0 Å². The molecule has 0 amide bonds. The van der Waals surface area contributed by atoms with Crippen LogP contribution in [0.5, 0.6) is 5.75 Å². The number of hydrogen-bond acceptors (Lipinski definition) is 4. The largest absolute Gasteiger partial charge is 0.495 e. The number of thiophene rings is 1. The number of methoxy groups -OCH3 is 1. The van der Waals surface area contributed by atoms with Crippen LogP contribution in [0.2, 0.25) is 0 Å². The smallest absolute Gasteiger partial charge is 0.149 e. The Balaban J connectivity index is 2.22. The van der Waals surface area contributed by atoms with Crippen molar-refractivity contribution in [1.82, 2.24) is 0 Å². The van der Waals surface area contributed by atoms with Crippen molar-refractivity contribution in [3.05, 3.63) is 46.7 Å². The third-order valence-electron chi connectivity index (χ3n) is 2.36. The molecule has 1 atom stereocenters. The molecule has 0 aliphatic carbocycles. The highest BCUT2D eigenvalue weighted by atomic mass is 32.1. The minimum Gasteiger partial charge on any atom is -0.495 e. The molecule has 3 nitrogen and oxygen atoms in total. The molecule has 0 radical (unpaired) electrons. The van der Waals surface area contributed by atoms with Crippen molar-refractivity contribution in [2.75, 3.05) is 12.4 Å². The summed E-state index contributed by atoms with van der Waals surface area (Å²) in [4.78, 5) is 0.999. The molecule has 0 spiro atoms. The van der Waals surface area contributed by atoms with Crippen molar-refractivity contribution >= 4 is 17.0 Å². The van der Waals surface area contributed by atoms with Crippen molar-refractivity contribution in [1.29, 1.82) is 5.26 Å². The van der Waals surface area contributed by atoms with E-state index in [1.807, 2.05) is 41.8 Å². The number of benzene rings is 1. The summed E-state index contributed by atoms with van der Waals surface area (Å²) < 4.78 is 5.24. The monoisotopic (exact) mass is 244 g/mol. The highest BCUT2D eigenvalue weighted by Gasteiger charge is 2.13. The molecule has 0 saturated carbocycles. The minimum atomic E-state index is -0.341. The first-order valence-corrected chi connectivity index (χ1v) is 6.05. The fraction of sp³-hybridized carbons (Fsp3) is 0.154. The molecule has 1 heterocycles. The first-order chi connectivity index (χ1) is 8.35. The van der Waals surface area contributed by atoms with Crippen LogP contribution in [0.25, 0.3) is 0 Å². The van der Waals surface area contributed by atoms with Gasteiger partial charge in [0.1, 0.15) is 11.8 Å². The molecule has 1 N–H and O–H groups in total. The van der Waals surface area contributed by atoms with Crippen LogP contribution in [0, 0.1) is 11.3 Å². The van der Waals surface area contributed by atoms with Gasteiger partial charge in [0.2, 0.25) is 0 Å². The van der Waals surface area contributed by atoms with Crippen LogP contribution in [-0.4, -0.2) is 7.11 Å². The molecule has 0 unspecified atom stereocenters. The summed E-state index contributed by atoms with van der Waals surface area (Å²) in [6.45, 7) is 0. The SMILES string of the molecule is COc1ccccc1N[C@@H](C#N)c1cccs1. The van der Waals surface area contributed by atoms with Gasteiger partial charge in [-0.1, -0.05) is 18.2 Å². The number of nitrogens with one attached hydrogen (secondary N) is 1. The molecule has 0 saturated heterocycles. The van der Waals surface area contributed by atoms with Crippen LogP contribution in [0.4, 0.5) is 5.69 Å². The van der Waals surface area contributed by atoms with Crippen molar-refractivity contribution < 1.29 is 4.74 Å². The summed E-state index contributed by atoms with van der Waals surface area (Å²) in [6, 6.07) is 13.4. The highest BCUT2D eigenvalue weighted by molar-refractivity contribution is 7.10. The topological polar surface area (TPSA) is 45.0 Å². The van der Waals surface area contributed by atoms with Gasteiger partial charge in [0.15, 0.2) is 0 Å². The van der Waals surface area contributed by atoms with Crippen LogP contribution in [-0.2, 0) is 0 Å². The van der Waals surface area contributed by atoms with E-state index in [0.717, 1.165) is 16.3 Å². The number of nitrogens with zero attached hydrogens (tertiary/aromatic N) is 1. The molecule has 0 aliphatic rings. The third kappa shape index (κ3) is 2.58. The Kier molecular flexibility index (Phi) is 3.63. The summed E-state index contributed by atoms with van der Waals surface area (Å²) in [5.74, 6) is 0.740. The van der Waals surface area contributed by atoms with Crippen molar-refractivity contribution in [3.63, 3.8) is 0 Å². The summed E-state index contributed by atoms with van der Waals surface area (Å²) >= 11 is 1.56. The van der Waals surface area contributed by atoms with Gasteiger partial charge in [-0.3, -0.25) is 0 Å². The standard InChI is InChI=1S/C13H12N2OS/c1-16-12-6-3-2-5-10(12)15-11(9-14)13-7-4-8-17-13/h2-8,11,15H,1H3/t11-/m0/s1. The lowest BCUT2D eigenvalue weighted by atomic mass is 10.2. The zero-order valence-electron chi connectivity index (χ0n) is 9.38. The Morgan fingerprint density at radius 1 is 1.29 bits per heavy atom. The van der Waals surface area contributed by atoms with E-state index in [0.29, 0.717) is 0 Å². The zero-order valence-corrected chi connectivity index (χ0v) is 10.2. The van der Waals surface area contributed by atoms with Gasteiger partial charge in [-0.05, 0) is 23.6 Å². The van der Waals surface area contributed by atoms with E-state index in [2.05, 4.69) is 11.4 Å². The number of ether oxygens (including phenoxy) is 1. The van der Waals surface area contributed by atoms with E-state index in [1.54, 1.807) is 18.4 Å². The van der Waals surface area contributed by atoms with E-state index in [-0.39, 0.29) is 6.04 Å². The molecule has 86 valence electrons. The number of anilines is 1. The molecule has 2 aromatic rings. The maximum Gasteiger partial charge on any atom is 0.149 e. The zero-order chi connectivity index (χ0) is 12.1. The molecule has 0 aliphatic heterocycles. The molecule has 1 aromatic carbocycles. The van der Waals surface area contributed by atoms with Crippen LogP contribution in [0.15, 0.2) is 41.8 Å². The van der Waals surface area contributed by atoms with Gasteiger partial charge in [-0.25, -0.2) is 0 Å². The Hall–Kier alpha value is -1.99. The second-order valence-electron chi connectivity index (χ2n) is 3.42. The van der Waals surface area contributed by atoms with E-state index in [1.165, 1.54) is 0 Å². The Morgan fingerprint density at radius 2 is 2.12 bits per heavy atom. The summed E-state index contributed by atoms with van der Waals surface area (Å²) in [7, 11) is 1.62. The summed E-state index contributed by atoms with van der Waals surface area (Å²) in [6.07, 6.45) is 0. The lowest BCUT2D eigenvalue weighted by Crippen LogP contribution is -2.07. The van der Waals surface area contributed by atoms with Gasteiger partial charge in [0.05, 0.1) is 18.9 Å². The number of nitriles is 1. The molecular weight excluding hydrogens is 232 g/mol. The van der Waals surface area contributed by atoms with Crippen molar-refractivity contribution in [3.8, 4) is 11.8 Å². The second kappa shape index (κ2) is 5.37. The van der Waals surface area contributed by atoms with Gasteiger partial charge < -0.3 is 10.1 Å². The van der Waals surface area contributed by atoms with Gasteiger partial charge in [0.25, 0.3) is 0 Å². The third-order valence-corrected chi connectivity index (χ3v) is 3.30.